The number of anilines is 1. The summed E-state index contributed by atoms with van der Waals surface area (Å²) in [5.74, 6) is 0.773. The molecule has 25 heavy (non-hydrogen) atoms. The molecular formula is C15H13FN4O2S3. The summed E-state index contributed by atoms with van der Waals surface area (Å²) >= 11 is 4.21. The number of nitrogens with zero attached hydrogens (tertiary/aromatic N) is 3. The molecular weight excluding hydrogens is 383 g/mol. The van der Waals surface area contributed by atoms with E-state index in [0.717, 1.165) is 10.1 Å². The highest BCUT2D eigenvalue weighted by atomic mass is 32.2. The number of thiazole rings is 1. The smallest absolute Gasteiger partial charge is 0.276 e. The van der Waals surface area contributed by atoms with Crippen molar-refractivity contribution >= 4 is 45.5 Å². The van der Waals surface area contributed by atoms with Crippen LogP contribution in [-0.4, -0.2) is 26.8 Å². The quantitative estimate of drug-likeness (QED) is 0.479. The van der Waals surface area contributed by atoms with Crippen LogP contribution in [0.2, 0.25) is 0 Å². The Labute approximate surface area is 155 Å². The number of nitrogens with one attached hydrogen (secondary N) is 1. The Morgan fingerprint density at radius 2 is 2.12 bits per heavy atom. The Balaban J connectivity index is 1.56. The molecule has 0 spiro atoms. The van der Waals surface area contributed by atoms with Gasteiger partial charge in [0.1, 0.15) is 28.9 Å². The zero-order valence-corrected chi connectivity index (χ0v) is 15.5. The van der Waals surface area contributed by atoms with E-state index in [2.05, 4.69) is 20.5 Å². The molecule has 3 rings (SSSR count). The molecule has 0 aliphatic rings. The molecule has 6 nitrogen and oxygen atoms in total. The number of benzene rings is 1. The number of hydrogen-bond donors (Lipinski definition) is 1. The van der Waals surface area contributed by atoms with Crippen molar-refractivity contribution in [1.82, 2.24) is 15.2 Å². The number of carbonyl (C=O) groups excluding carboxylic acids is 1. The molecule has 0 unspecified atom stereocenters. The first-order chi connectivity index (χ1) is 12.1. The Bertz CT molecular complexity index is 851. The minimum Gasteiger partial charge on any atom is -0.486 e. The van der Waals surface area contributed by atoms with Crippen LogP contribution in [0, 0.1) is 5.82 Å². The lowest BCUT2D eigenvalue weighted by Crippen LogP contribution is -2.12. The number of ether oxygens (including phenoxy) is 1. The first kappa shape index (κ1) is 17.8. The van der Waals surface area contributed by atoms with Crippen LogP contribution in [-0.2, 0) is 6.61 Å². The molecule has 0 fully saturated rings. The van der Waals surface area contributed by atoms with Crippen LogP contribution in [0.3, 0.4) is 0 Å². The summed E-state index contributed by atoms with van der Waals surface area (Å²) in [5.41, 5.74) is 0.294. The highest BCUT2D eigenvalue weighted by molar-refractivity contribution is 8.01. The molecule has 0 atom stereocenters. The average molecular weight is 396 g/mol. The summed E-state index contributed by atoms with van der Waals surface area (Å²) in [7, 11) is 0. The van der Waals surface area contributed by atoms with Gasteiger partial charge in [0.2, 0.25) is 5.13 Å². The zero-order valence-electron chi connectivity index (χ0n) is 13.1. The number of rotatable bonds is 7. The number of thioether (sulfide) groups is 1. The Morgan fingerprint density at radius 3 is 2.88 bits per heavy atom. The first-order valence-corrected chi connectivity index (χ1v) is 9.92. The summed E-state index contributed by atoms with van der Waals surface area (Å²) < 4.78 is 19.2. The van der Waals surface area contributed by atoms with Gasteiger partial charge in [0, 0.05) is 5.38 Å². The number of carbonyl (C=O) groups is 1. The van der Waals surface area contributed by atoms with E-state index in [9.17, 15) is 9.18 Å². The van der Waals surface area contributed by atoms with E-state index in [0.29, 0.717) is 21.6 Å². The van der Waals surface area contributed by atoms with Gasteiger partial charge in [0.25, 0.3) is 5.91 Å². The van der Waals surface area contributed by atoms with Crippen molar-refractivity contribution in [2.24, 2.45) is 0 Å². The highest BCUT2D eigenvalue weighted by Gasteiger charge is 2.14. The molecule has 0 aliphatic carbocycles. The summed E-state index contributed by atoms with van der Waals surface area (Å²) in [6, 6.07) is 5.72. The van der Waals surface area contributed by atoms with Crippen molar-refractivity contribution in [2.45, 2.75) is 17.9 Å². The number of hydrogen-bond acceptors (Lipinski definition) is 8. The summed E-state index contributed by atoms with van der Waals surface area (Å²) in [6.45, 7) is 2.23. The molecule has 0 bridgehead atoms. The van der Waals surface area contributed by atoms with Gasteiger partial charge in [-0.15, -0.1) is 21.5 Å². The van der Waals surface area contributed by atoms with Crippen LogP contribution in [0.5, 0.6) is 5.75 Å². The van der Waals surface area contributed by atoms with Gasteiger partial charge in [-0.2, -0.15) is 0 Å². The fraction of sp³-hybridized carbons (Fsp3) is 0.200. The predicted octanol–water partition coefficient (Wildman–Crippen LogP) is 4.08. The van der Waals surface area contributed by atoms with Gasteiger partial charge in [-0.25, -0.2) is 9.37 Å². The molecule has 10 heteroatoms. The molecule has 3 aromatic rings. The molecule has 1 N–H and O–H groups in total. The molecule has 130 valence electrons. The van der Waals surface area contributed by atoms with Gasteiger partial charge in [0.05, 0.1) is 0 Å². The van der Waals surface area contributed by atoms with E-state index in [1.54, 1.807) is 17.1 Å². The first-order valence-electron chi connectivity index (χ1n) is 7.24. The van der Waals surface area contributed by atoms with Crippen LogP contribution in [0.25, 0.3) is 0 Å². The van der Waals surface area contributed by atoms with Crippen molar-refractivity contribution in [3.05, 3.63) is 46.2 Å². The minimum atomic E-state index is -0.339. The van der Waals surface area contributed by atoms with Gasteiger partial charge < -0.3 is 4.74 Å². The third-order valence-electron chi connectivity index (χ3n) is 2.86. The van der Waals surface area contributed by atoms with E-state index in [1.807, 2.05) is 6.92 Å². The lowest BCUT2D eigenvalue weighted by molar-refractivity contribution is 0.102. The lowest BCUT2D eigenvalue weighted by Gasteiger charge is -2.03. The monoisotopic (exact) mass is 396 g/mol. The predicted molar refractivity (Wildman–Crippen MR) is 97.1 cm³/mol. The Kier molecular flexibility index (Phi) is 5.95. The van der Waals surface area contributed by atoms with Crippen molar-refractivity contribution in [2.75, 3.05) is 11.1 Å². The summed E-state index contributed by atoms with van der Waals surface area (Å²) in [4.78, 5) is 16.4. The summed E-state index contributed by atoms with van der Waals surface area (Å²) in [5, 5.41) is 13.3. The molecule has 0 saturated carbocycles. The average Bonchev–Trinajstić information content (AvgIpc) is 3.24. The standard InChI is InChI=1S/C15H13FN4O2S3/c1-2-23-15-20-19-14(25-15)18-13(21)11-8-24-12(17-11)7-22-10-5-3-9(16)4-6-10/h3-6,8H,2,7H2,1H3,(H,18,19,21). The van der Waals surface area contributed by atoms with Crippen molar-refractivity contribution < 1.29 is 13.9 Å². The molecule has 2 aromatic heterocycles. The van der Waals surface area contributed by atoms with Crippen LogP contribution in [0.15, 0.2) is 34.0 Å². The minimum absolute atomic E-state index is 0.208. The molecule has 2 heterocycles. The van der Waals surface area contributed by atoms with Gasteiger partial charge in [-0.3, -0.25) is 10.1 Å². The van der Waals surface area contributed by atoms with Gasteiger partial charge in [0.15, 0.2) is 4.34 Å². The van der Waals surface area contributed by atoms with E-state index in [4.69, 9.17) is 4.74 Å². The van der Waals surface area contributed by atoms with Crippen LogP contribution in [0.4, 0.5) is 9.52 Å². The van der Waals surface area contributed by atoms with E-state index in [-0.39, 0.29) is 18.3 Å². The lowest BCUT2D eigenvalue weighted by atomic mass is 10.3. The molecule has 1 amide bonds. The van der Waals surface area contributed by atoms with Gasteiger partial charge >= 0.3 is 0 Å². The fourth-order valence-electron chi connectivity index (χ4n) is 1.76. The largest absolute Gasteiger partial charge is 0.486 e. The second kappa shape index (κ2) is 8.37. The molecule has 0 aliphatic heterocycles. The topological polar surface area (TPSA) is 77.0 Å². The van der Waals surface area contributed by atoms with E-state index >= 15 is 0 Å². The Hall–Kier alpha value is -2.04. The SMILES string of the molecule is CCSc1nnc(NC(=O)c2csc(COc3ccc(F)cc3)n2)s1. The maximum atomic E-state index is 12.8. The van der Waals surface area contributed by atoms with Crippen LogP contribution in [0.1, 0.15) is 22.4 Å². The maximum Gasteiger partial charge on any atom is 0.276 e. The second-order valence-electron chi connectivity index (χ2n) is 4.63. The molecule has 0 saturated heterocycles. The number of aromatic nitrogens is 3. The van der Waals surface area contributed by atoms with Crippen molar-refractivity contribution in [1.29, 1.82) is 0 Å². The molecule has 1 aromatic carbocycles. The van der Waals surface area contributed by atoms with Crippen molar-refractivity contribution in [3.8, 4) is 5.75 Å². The summed E-state index contributed by atoms with van der Waals surface area (Å²) in [6.07, 6.45) is 0. The van der Waals surface area contributed by atoms with Crippen molar-refractivity contribution in [3.63, 3.8) is 0 Å². The van der Waals surface area contributed by atoms with E-state index < -0.39 is 0 Å². The Morgan fingerprint density at radius 1 is 1.32 bits per heavy atom. The van der Waals surface area contributed by atoms with Crippen LogP contribution >= 0.6 is 34.4 Å². The zero-order chi connectivity index (χ0) is 17.6. The van der Waals surface area contributed by atoms with Gasteiger partial charge in [-0.05, 0) is 30.0 Å². The third kappa shape index (κ3) is 4.97. The van der Waals surface area contributed by atoms with E-state index in [1.165, 1.54) is 46.9 Å². The highest BCUT2D eigenvalue weighted by Crippen LogP contribution is 2.25. The normalized spacial score (nSPS) is 10.6. The van der Waals surface area contributed by atoms with Gasteiger partial charge in [-0.1, -0.05) is 30.0 Å². The number of amides is 1. The van der Waals surface area contributed by atoms with Crippen LogP contribution < -0.4 is 10.1 Å². The third-order valence-corrected chi connectivity index (χ3v) is 5.53. The molecule has 0 radical (unpaired) electrons. The second-order valence-corrected chi connectivity index (χ2v) is 8.06. The fourth-order valence-corrected chi connectivity index (χ4v) is 4.09. The number of halogens is 1. The maximum absolute atomic E-state index is 12.8.